The summed E-state index contributed by atoms with van der Waals surface area (Å²) < 4.78 is 0. The highest BCUT2D eigenvalue weighted by Crippen LogP contribution is 2.38. The molecule has 1 aromatic rings. The zero-order valence-electron chi connectivity index (χ0n) is 9.61. The van der Waals surface area contributed by atoms with Gasteiger partial charge in [-0.1, -0.05) is 31.0 Å². The van der Waals surface area contributed by atoms with Crippen LogP contribution in [0.15, 0.2) is 5.16 Å². The van der Waals surface area contributed by atoms with Crippen molar-refractivity contribution >= 4 is 11.8 Å². The average Bonchev–Trinajstić information content (AvgIpc) is 3.08. The number of rotatable bonds is 4. The first kappa shape index (κ1) is 10.6. The van der Waals surface area contributed by atoms with Crippen LogP contribution in [0, 0.1) is 5.92 Å². The van der Waals surface area contributed by atoms with Gasteiger partial charge >= 0.3 is 0 Å². The van der Waals surface area contributed by atoms with Gasteiger partial charge in [-0.3, -0.25) is 5.10 Å². The minimum absolute atomic E-state index is 0.691. The van der Waals surface area contributed by atoms with E-state index in [0.29, 0.717) is 5.92 Å². The zero-order valence-corrected chi connectivity index (χ0v) is 10.4. The fourth-order valence-electron chi connectivity index (χ4n) is 2.41. The average molecular weight is 237 g/mol. The van der Waals surface area contributed by atoms with Crippen molar-refractivity contribution in [2.45, 2.75) is 56.0 Å². The van der Waals surface area contributed by atoms with Gasteiger partial charge < -0.3 is 0 Å². The minimum atomic E-state index is 0.691. The number of H-pyrrole nitrogens is 1. The molecule has 1 heterocycles. The lowest BCUT2D eigenvalue weighted by Crippen LogP contribution is -2.08. The van der Waals surface area contributed by atoms with Gasteiger partial charge in [0.05, 0.1) is 0 Å². The van der Waals surface area contributed by atoms with Crippen LogP contribution in [0.3, 0.4) is 0 Å². The second kappa shape index (κ2) is 4.78. The summed E-state index contributed by atoms with van der Waals surface area (Å²) >= 11 is 1.84. The second-order valence-corrected chi connectivity index (χ2v) is 6.08. The molecule has 3 rings (SSSR count). The molecule has 0 saturated heterocycles. The molecule has 3 nitrogen and oxygen atoms in total. The Balaban J connectivity index is 1.49. The van der Waals surface area contributed by atoms with Crippen molar-refractivity contribution in [3.8, 4) is 0 Å². The van der Waals surface area contributed by atoms with E-state index in [-0.39, 0.29) is 0 Å². The van der Waals surface area contributed by atoms with Crippen molar-refractivity contribution in [3.05, 3.63) is 5.82 Å². The van der Waals surface area contributed by atoms with Crippen LogP contribution in [0.1, 0.15) is 56.7 Å². The highest BCUT2D eigenvalue weighted by atomic mass is 32.2. The van der Waals surface area contributed by atoms with Crippen LogP contribution in [0.25, 0.3) is 0 Å². The molecule has 0 spiro atoms. The molecule has 0 amide bonds. The largest absolute Gasteiger partial charge is 0.262 e. The van der Waals surface area contributed by atoms with E-state index in [9.17, 15) is 0 Å². The quantitative estimate of drug-likeness (QED) is 0.816. The van der Waals surface area contributed by atoms with Crippen LogP contribution >= 0.6 is 11.8 Å². The highest BCUT2D eigenvalue weighted by molar-refractivity contribution is 7.99. The fourth-order valence-corrected chi connectivity index (χ4v) is 3.40. The molecule has 2 aliphatic rings. The highest BCUT2D eigenvalue weighted by Gasteiger charge is 2.27. The summed E-state index contributed by atoms with van der Waals surface area (Å²) in [6, 6.07) is 0. The fraction of sp³-hybridized carbons (Fsp3) is 0.833. The molecule has 0 unspecified atom stereocenters. The van der Waals surface area contributed by atoms with Crippen molar-refractivity contribution < 1.29 is 0 Å². The number of hydrogen-bond donors (Lipinski definition) is 1. The Bertz CT molecular complexity index is 340. The Morgan fingerprint density at radius 1 is 1.12 bits per heavy atom. The molecule has 16 heavy (non-hydrogen) atoms. The third-order valence-corrected chi connectivity index (χ3v) is 4.70. The third kappa shape index (κ3) is 2.59. The maximum Gasteiger partial charge on any atom is 0.208 e. The summed E-state index contributed by atoms with van der Waals surface area (Å²) in [6.07, 6.45) is 9.69. The molecule has 88 valence electrons. The molecule has 0 aromatic carbocycles. The monoisotopic (exact) mass is 237 g/mol. The Morgan fingerprint density at radius 2 is 1.94 bits per heavy atom. The van der Waals surface area contributed by atoms with Gasteiger partial charge in [0.1, 0.15) is 5.82 Å². The van der Waals surface area contributed by atoms with Crippen LogP contribution in [0.4, 0.5) is 0 Å². The molecule has 2 aliphatic carbocycles. The Labute approximate surface area is 101 Å². The predicted octanol–water partition coefficient (Wildman–Crippen LogP) is 3.35. The maximum absolute atomic E-state index is 4.55. The lowest BCUT2D eigenvalue weighted by atomic mass is 9.91. The molecule has 1 N–H and O–H groups in total. The molecule has 0 atom stereocenters. The van der Waals surface area contributed by atoms with E-state index in [0.717, 1.165) is 16.9 Å². The summed E-state index contributed by atoms with van der Waals surface area (Å²) in [4.78, 5) is 4.55. The number of thioether (sulfide) groups is 1. The van der Waals surface area contributed by atoms with E-state index in [2.05, 4.69) is 15.2 Å². The third-order valence-electron chi connectivity index (χ3n) is 3.62. The van der Waals surface area contributed by atoms with E-state index in [1.807, 2.05) is 11.8 Å². The van der Waals surface area contributed by atoms with Crippen molar-refractivity contribution in [1.82, 2.24) is 15.2 Å². The molecular weight excluding hydrogens is 218 g/mol. The minimum Gasteiger partial charge on any atom is -0.262 e. The van der Waals surface area contributed by atoms with E-state index in [1.165, 1.54) is 50.7 Å². The molecule has 4 heteroatoms. The predicted molar refractivity (Wildman–Crippen MR) is 65.7 cm³/mol. The molecule has 0 radical (unpaired) electrons. The molecular formula is C12H19N3S. The number of nitrogens with zero attached hydrogens (tertiary/aromatic N) is 2. The normalized spacial score (nSPS) is 22.5. The van der Waals surface area contributed by atoms with E-state index in [1.54, 1.807) is 0 Å². The zero-order chi connectivity index (χ0) is 10.8. The first-order valence-electron chi connectivity index (χ1n) is 6.47. The van der Waals surface area contributed by atoms with Crippen LogP contribution in [-0.2, 0) is 0 Å². The maximum atomic E-state index is 4.55. The lowest BCUT2D eigenvalue weighted by Gasteiger charge is -2.20. The molecule has 2 saturated carbocycles. The molecule has 0 aliphatic heterocycles. The van der Waals surface area contributed by atoms with Gasteiger partial charge in [-0.15, -0.1) is 5.10 Å². The standard InChI is InChI=1S/C12H19N3S/c1-2-4-9(5-3-1)8-16-12-13-11(14-15-12)10-6-7-10/h9-10H,1-8H2,(H,13,14,15). The van der Waals surface area contributed by atoms with Gasteiger partial charge in [-0.25, -0.2) is 4.98 Å². The number of hydrogen-bond acceptors (Lipinski definition) is 3. The number of aromatic nitrogens is 3. The van der Waals surface area contributed by atoms with Crippen LogP contribution in [0.5, 0.6) is 0 Å². The Morgan fingerprint density at radius 3 is 2.69 bits per heavy atom. The van der Waals surface area contributed by atoms with Gasteiger partial charge in [-0.05, 0) is 31.6 Å². The van der Waals surface area contributed by atoms with Gasteiger partial charge in [0.2, 0.25) is 5.16 Å². The summed E-state index contributed by atoms with van der Waals surface area (Å²) in [6.45, 7) is 0. The van der Waals surface area contributed by atoms with Crippen LogP contribution in [-0.4, -0.2) is 20.9 Å². The molecule has 1 aromatic heterocycles. The van der Waals surface area contributed by atoms with Crippen LogP contribution in [0.2, 0.25) is 0 Å². The molecule has 0 bridgehead atoms. The lowest BCUT2D eigenvalue weighted by molar-refractivity contribution is 0.391. The summed E-state index contributed by atoms with van der Waals surface area (Å²) in [7, 11) is 0. The number of nitrogens with one attached hydrogen (secondary N) is 1. The molecule has 2 fully saturated rings. The first-order chi connectivity index (χ1) is 7.92. The smallest absolute Gasteiger partial charge is 0.208 e. The van der Waals surface area contributed by atoms with E-state index in [4.69, 9.17) is 0 Å². The topological polar surface area (TPSA) is 41.6 Å². The van der Waals surface area contributed by atoms with Gasteiger partial charge in [0.15, 0.2) is 0 Å². The SMILES string of the molecule is C1CCC(CSc2n[nH]c(C3CC3)n2)CC1. The van der Waals surface area contributed by atoms with Gasteiger partial charge in [0, 0.05) is 11.7 Å². The van der Waals surface area contributed by atoms with Crippen LogP contribution < -0.4 is 0 Å². The van der Waals surface area contributed by atoms with Crippen molar-refractivity contribution in [2.24, 2.45) is 5.92 Å². The Hall–Kier alpha value is -0.510. The second-order valence-electron chi connectivity index (χ2n) is 5.09. The van der Waals surface area contributed by atoms with E-state index >= 15 is 0 Å². The van der Waals surface area contributed by atoms with Crippen molar-refractivity contribution in [1.29, 1.82) is 0 Å². The Kier molecular flexibility index (Phi) is 3.18. The summed E-state index contributed by atoms with van der Waals surface area (Å²) in [5.41, 5.74) is 0. The van der Waals surface area contributed by atoms with Gasteiger partial charge in [0.25, 0.3) is 0 Å². The summed E-state index contributed by atoms with van der Waals surface area (Å²) in [5.74, 6) is 3.92. The first-order valence-corrected chi connectivity index (χ1v) is 7.45. The summed E-state index contributed by atoms with van der Waals surface area (Å²) in [5, 5.41) is 8.33. The van der Waals surface area contributed by atoms with E-state index < -0.39 is 0 Å². The van der Waals surface area contributed by atoms with Crippen molar-refractivity contribution in [2.75, 3.05) is 5.75 Å². The number of aromatic amines is 1. The van der Waals surface area contributed by atoms with Gasteiger partial charge in [-0.2, -0.15) is 0 Å². The van der Waals surface area contributed by atoms with Crippen molar-refractivity contribution in [3.63, 3.8) is 0 Å².